The first-order valence-corrected chi connectivity index (χ1v) is 6.97. The van der Waals surface area contributed by atoms with Crippen LogP contribution in [-0.4, -0.2) is 17.5 Å². The molecule has 21 heavy (non-hydrogen) atoms. The van der Waals surface area contributed by atoms with Gasteiger partial charge in [-0.3, -0.25) is 9.59 Å². The topological polar surface area (TPSA) is 48.3 Å². The number of nitrogens with zero attached hydrogens (tertiary/aromatic N) is 1. The van der Waals surface area contributed by atoms with Gasteiger partial charge >= 0.3 is 0 Å². The van der Waals surface area contributed by atoms with Crippen LogP contribution in [0.3, 0.4) is 0 Å². The molecule has 0 saturated carbocycles. The van der Waals surface area contributed by atoms with E-state index in [1.165, 1.54) is 6.92 Å². The van der Waals surface area contributed by atoms with E-state index in [4.69, 9.17) is 4.74 Å². The second-order valence-corrected chi connectivity index (χ2v) is 4.87. The van der Waals surface area contributed by atoms with Gasteiger partial charge in [-0.2, -0.15) is 0 Å². The van der Waals surface area contributed by atoms with Crippen molar-refractivity contribution in [2.45, 2.75) is 26.8 Å². The van der Waals surface area contributed by atoms with Gasteiger partial charge in [-0.15, -0.1) is 0 Å². The first kappa shape index (κ1) is 15.0. The minimum Gasteiger partial charge on any atom is -0.497 e. The molecule has 1 heterocycles. The predicted octanol–water partition coefficient (Wildman–Crippen LogP) is 3.14. The third kappa shape index (κ3) is 3.05. The van der Waals surface area contributed by atoms with E-state index in [-0.39, 0.29) is 16.9 Å². The highest BCUT2D eigenvalue weighted by Gasteiger charge is 2.12. The van der Waals surface area contributed by atoms with Crippen molar-refractivity contribution >= 4 is 5.78 Å². The molecule has 2 aromatic rings. The molecule has 0 atom stereocenters. The van der Waals surface area contributed by atoms with Crippen molar-refractivity contribution in [1.82, 2.24) is 4.57 Å². The van der Waals surface area contributed by atoms with E-state index < -0.39 is 0 Å². The molecule has 0 bridgehead atoms. The molecule has 0 fully saturated rings. The molecule has 0 unspecified atom stereocenters. The number of aromatic nitrogens is 1. The molecule has 4 nitrogen and oxygen atoms in total. The Morgan fingerprint density at radius 3 is 2.33 bits per heavy atom. The summed E-state index contributed by atoms with van der Waals surface area (Å²) >= 11 is 0. The van der Waals surface area contributed by atoms with E-state index in [1.807, 2.05) is 37.3 Å². The Morgan fingerprint density at radius 2 is 1.81 bits per heavy atom. The van der Waals surface area contributed by atoms with Crippen molar-refractivity contribution in [3.05, 3.63) is 52.3 Å². The van der Waals surface area contributed by atoms with E-state index in [1.54, 1.807) is 17.7 Å². The minimum absolute atomic E-state index is 0.203. The van der Waals surface area contributed by atoms with Gasteiger partial charge in [-0.1, -0.05) is 6.92 Å². The van der Waals surface area contributed by atoms with Crippen LogP contribution in [0.25, 0.3) is 11.3 Å². The van der Waals surface area contributed by atoms with Gasteiger partial charge in [0.05, 0.1) is 18.4 Å². The minimum atomic E-state index is -0.224. The molecule has 0 spiro atoms. The lowest BCUT2D eigenvalue weighted by molar-refractivity contribution is 0.101. The molecule has 4 heteroatoms. The fourth-order valence-corrected chi connectivity index (χ4v) is 2.31. The van der Waals surface area contributed by atoms with Gasteiger partial charge in [0.1, 0.15) is 5.75 Å². The van der Waals surface area contributed by atoms with Gasteiger partial charge in [0.25, 0.3) is 5.56 Å². The Labute approximate surface area is 124 Å². The number of carbonyl (C=O) groups is 1. The second kappa shape index (κ2) is 6.39. The molecule has 0 aliphatic heterocycles. The molecular weight excluding hydrogens is 266 g/mol. The highest BCUT2D eigenvalue weighted by molar-refractivity contribution is 5.94. The lowest BCUT2D eigenvalue weighted by Gasteiger charge is -2.13. The number of ketones is 1. The Morgan fingerprint density at radius 1 is 1.14 bits per heavy atom. The predicted molar refractivity (Wildman–Crippen MR) is 83.0 cm³/mol. The Kier molecular flexibility index (Phi) is 4.58. The number of rotatable bonds is 5. The van der Waals surface area contributed by atoms with Gasteiger partial charge in [-0.05, 0) is 55.3 Å². The maximum absolute atomic E-state index is 12.4. The van der Waals surface area contributed by atoms with Crippen LogP contribution in [0.5, 0.6) is 5.75 Å². The summed E-state index contributed by atoms with van der Waals surface area (Å²) in [4.78, 5) is 24.0. The van der Waals surface area contributed by atoms with Crippen LogP contribution in [0.4, 0.5) is 0 Å². The Hall–Kier alpha value is -2.36. The quantitative estimate of drug-likeness (QED) is 0.793. The van der Waals surface area contributed by atoms with Crippen LogP contribution in [0, 0.1) is 0 Å². The number of benzene rings is 1. The largest absolute Gasteiger partial charge is 0.497 e. The van der Waals surface area contributed by atoms with Gasteiger partial charge in [0.15, 0.2) is 5.78 Å². The molecule has 2 rings (SSSR count). The number of hydrogen-bond acceptors (Lipinski definition) is 3. The van der Waals surface area contributed by atoms with Crippen molar-refractivity contribution < 1.29 is 9.53 Å². The summed E-state index contributed by atoms with van der Waals surface area (Å²) in [6.45, 7) is 4.01. The Bertz CT molecular complexity index is 699. The third-order valence-electron chi connectivity index (χ3n) is 3.39. The molecule has 0 N–H and O–H groups in total. The molecule has 1 aromatic carbocycles. The molecule has 0 aliphatic carbocycles. The zero-order chi connectivity index (χ0) is 15.4. The van der Waals surface area contributed by atoms with Crippen LogP contribution in [0.15, 0.2) is 41.2 Å². The van der Waals surface area contributed by atoms with Crippen LogP contribution < -0.4 is 10.3 Å². The molecule has 0 amide bonds. The summed E-state index contributed by atoms with van der Waals surface area (Å²) in [7, 11) is 1.61. The van der Waals surface area contributed by atoms with Crippen LogP contribution in [-0.2, 0) is 6.54 Å². The number of carbonyl (C=O) groups excluding carboxylic acids is 1. The Balaban J connectivity index is 2.59. The van der Waals surface area contributed by atoms with Crippen molar-refractivity contribution in [1.29, 1.82) is 0 Å². The highest BCUT2D eigenvalue weighted by Crippen LogP contribution is 2.22. The van der Waals surface area contributed by atoms with Crippen molar-refractivity contribution in [3.63, 3.8) is 0 Å². The fraction of sp³-hybridized carbons (Fsp3) is 0.294. The average molecular weight is 285 g/mol. The van der Waals surface area contributed by atoms with Gasteiger partial charge in [0.2, 0.25) is 0 Å². The summed E-state index contributed by atoms with van der Waals surface area (Å²) in [6, 6.07) is 11.0. The molecule has 110 valence electrons. The van der Waals surface area contributed by atoms with Gasteiger partial charge in [0, 0.05) is 6.54 Å². The number of ether oxygens (including phenoxy) is 1. The summed E-state index contributed by atoms with van der Waals surface area (Å²) in [5.41, 5.74) is 1.75. The third-order valence-corrected chi connectivity index (χ3v) is 3.39. The summed E-state index contributed by atoms with van der Waals surface area (Å²) in [5.74, 6) is 0.564. The monoisotopic (exact) mass is 285 g/mol. The molecule has 0 saturated heterocycles. The summed E-state index contributed by atoms with van der Waals surface area (Å²) in [6.07, 6.45) is 0.824. The number of Topliss-reactive ketones (excluding diaryl/α,β-unsaturated/α-hetero) is 1. The fourth-order valence-electron chi connectivity index (χ4n) is 2.31. The van der Waals surface area contributed by atoms with E-state index in [0.717, 1.165) is 23.4 Å². The van der Waals surface area contributed by atoms with Crippen LogP contribution in [0.2, 0.25) is 0 Å². The molecule has 1 aromatic heterocycles. The van der Waals surface area contributed by atoms with E-state index in [0.29, 0.717) is 6.54 Å². The highest BCUT2D eigenvalue weighted by atomic mass is 16.5. The van der Waals surface area contributed by atoms with Crippen molar-refractivity contribution in [3.8, 4) is 17.0 Å². The molecule has 0 radical (unpaired) electrons. The van der Waals surface area contributed by atoms with E-state index >= 15 is 0 Å². The number of hydrogen-bond donors (Lipinski definition) is 0. The zero-order valence-corrected chi connectivity index (χ0v) is 12.6. The van der Waals surface area contributed by atoms with Crippen molar-refractivity contribution in [2.75, 3.05) is 7.11 Å². The van der Waals surface area contributed by atoms with Crippen LogP contribution >= 0.6 is 0 Å². The molecular formula is C17H19NO3. The normalized spacial score (nSPS) is 10.4. The van der Waals surface area contributed by atoms with Gasteiger partial charge in [-0.25, -0.2) is 0 Å². The first-order chi connectivity index (χ1) is 10.1. The summed E-state index contributed by atoms with van der Waals surface area (Å²) < 4.78 is 6.81. The van der Waals surface area contributed by atoms with Crippen molar-refractivity contribution in [2.24, 2.45) is 0 Å². The lowest BCUT2D eigenvalue weighted by Crippen LogP contribution is -2.26. The second-order valence-electron chi connectivity index (χ2n) is 4.87. The average Bonchev–Trinajstić information content (AvgIpc) is 2.49. The van der Waals surface area contributed by atoms with Gasteiger partial charge < -0.3 is 9.30 Å². The molecule has 0 aliphatic rings. The zero-order valence-electron chi connectivity index (χ0n) is 12.6. The number of methoxy groups -OCH3 is 1. The smallest absolute Gasteiger partial charge is 0.261 e. The van der Waals surface area contributed by atoms with E-state index in [2.05, 4.69) is 0 Å². The van der Waals surface area contributed by atoms with E-state index in [9.17, 15) is 9.59 Å². The van der Waals surface area contributed by atoms with Crippen LogP contribution in [0.1, 0.15) is 30.6 Å². The summed E-state index contributed by atoms with van der Waals surface area (Å²) in [5, 5.41) is 0. The first-order valence-electron chi connectivity index (χ1n) is 6.97. The maximum Gasteiger partial charge on any atom is 0.261 e. The maximum atomic E-state index is 12.4. The standard InChI is InChI=1S/C17H19NO3/c1-4-11-18-16(10-9-15(12(2)19)17(18)20)13-5-7-14(21-3)8-6-13/h5-10H,4,11H2,1-3H3. The lowest BCUT2D eigenvalue weighted by atomic mass is 10.1. The SMILES string of the molecule is CCCn1c(-c2ccc(OC)cc2)ccc(C(C)=O)c1=O. The number of pyridine rings is 1.